The maximum absolute atomic E-state index is 13.0. The fraction of sp³-hybridized carbons (Fsp3) is 0.360. The van der Waals surface area contributed by atoms with Crippen LogP contribution in [0, 0.1) is 0 Å². The number of ether oxygens (including phenoxy) is 3. The highest BCUT2D eigenvalue weighted by Gasteiger charge is 2.46. The number of carbonyl (C=O) groups excluding carboxylic acids is 2. The SMILES string of the molecule is CCOc1cc(C2/C(=C(/O)c3ccc(CC)cc3)C(=O)C(=O)N2CCOC)ccc1OC. The summed E-state index contributed by atoms with van der Waals surface area (Å²) in [6.45, 7) is 4.77. The first-order chi connectivity index (χ1) is 15.5. The van der Waals surface area contributed by atoms with E-state index >= 15 is 0 Å². The zero-order valence-corrected chi connectivity index (χ0v) is 18.9. The second-order valence-corrected chi connectivity index (χ2v) is 7.38. The normalized spacial score (nSPS) is 17.6. The molecule has 0 saturated carbocycles. The summed E-state index contributed by atoms with van der Waals surface area (Å²) in [5.74, 6) is -0.564. The molecule has 0 radical (unpaired) electrons. The third kappa shape index (κ3) is 4.48. The molecule has 1 atom stereocenters. The lowest BCUT2D eigenvalue weighted by Gasteiger charge is -2.25. The monoisotopic (exact) mass is 439 g/mol. The van der Waals surface area contributed by atoms with E-state index in [2.05, 4.69) is 0 Å². The topological polar surface area (TPSA) is 85.3 Å². The first kappa shape index (κ1) is 23.3. The quantitative estimate of drug-likeness (QED) is 0.364. The minimum absolute atomic E-state index is 0.0444. The summed E-state index contributed by atoms with van der Waals surface area (Å²) < 4.78 is 16.2. The Hall–Kier alpha value is -3.32. The lowest BCUT2D eigenvalue weighted by molar-refractivity contribution is -0.140. The summed E-state index contributed by atoms with van der Waals surface area (Å²) in [5.41, 5.74) is 2.27. The van der Waals surface area contributed by atoms with Crippen LogP contribution in [-0.4, -0.2) is 55.7 Å². The van der Waals surface area contributed by atoms with E-state index in [-0.39, 0.29) is 24.5 Å². The molecule has 2 aromatic carbocycles. The largest absolute Gasteiger partial charge is 0.507 e. The molecule has 0 bridgehead atoms. The summed E-state index contributed by atoms with van der Waals surface area (Å²) in [6.07, 6.45) is 0.856. The Morgan fingerprint density at radius 3 is 2.34 bits per heavy atom. The molecule has 1 heterocycles. The van der Waals surface area contributed by atoms with Gasteiger partial charge in [-0.05, 0) is 36.6 Å². The molecule has 1 aliphatic rings. The number of ketones is 1. The van der Waals surface area contributed by atoms with Gasteiger partial charge in [0.2, 0.25) is 0 Å². The molecule has 0 aliphatic carbocycles. The van der Waals surface area contributed by atoms with Crippen molar-refractivity contribution in [1.82, 2.24) is 4.90 Å². The zero-order chi connectivity index (χ0) is 23.3. The van der Waals surface area contributed by atoms with Gasteiger partial charge in [-0.1, -0.05) is 37.3 Å². The van der Waals surface area contributed by atoms with Crippen LogP contribution in [0.5, 0.6) is 11.5 Å². The number of aryl methyl sites for hydroxylation is 1. The van der Waals surface area contributed by atoms with Crippen LogP contribution in [0.3, 0.4) is 0 Å². The number of amides is 1. The molecule has 1 unspecified atom stereocenters. The third-order valence-electron chi connectivity index (χ3n) is 5.52. The Bertz CT molecular complexity index is 1010. The molecule has 1 saturated heterocycles. The smallest absolute Gasteiger partial charge is 0.295 e. The Morgan fingerprint density at radius 1 is 1.03 bits per heavy atom. The lowest BCUT2D eigenvalue weighted by atomic mass is 9.94. The summed E-state index contributed by atoms with van der Waals surface area (Å²) in [5, 5.41) is 11.1. The molecule has 7 nitrogen and oxygen atoms in total. The van der Waals surface area contributed by atoms with Gasteiger partial charge in [0.05, 0.1) is 31.9 Å². The van der Waals surface area contributed by atoms with Crippen LogP contribution >= 0.6 is 0 Å². The molecule has 0 aromatic heterocycles. The van der Waals surface area contributed by atoms with Gasteiger partial charge in [-0.2, -0.15) is 0 Å². The Morgan fingerprint density at radius 2 is 1.75 bits per heavy atom. The molecule has 7 heteroatoms. The van der Waals surface area contributed by atoms with Crippen molar-refractivity contribution in [3.05, 3.63) is 64.7 Å². The number of Topliss-reactive ketones (excluding diaryl/α,β-unsaturated/α-hetero) is 1. The molecular weight excluding hydrogens is 410 g/mol. The molecule has 170 valence electrons. The molecule has 32 heavy (non-hydrogen) atoms. The van der Waals surface area contributed by atoms with Crippen molar-refractivity contribution in [2.75, 3.05) is 34.0 Å². The van der Waals surface area contributed by atoms with Gasteiger partial charge in [-0.25, -0.2) is 0 Å². The number of nitrogens with zero attached hydrogens (tertiary/aromatic N) is 1. The predicted octanol–water partition coefficient (Wildman–Crippen LogP) is 3.72. The van der Waals surface area contributed by atoms with Crippen LogP contribution in [0.15, 0.2) is 48.0 Å². The van der Waals surface area contributed by atoms with E-state index in [0.29, 0.717) is 29.2 Å². The predicted molar refractivity (Wildman–Crippen MR) is 121 cm³/mol. The molecule has 1 aliphatic heterocycles. The van der Waals surface area contributed by atoms with E-state index in [1.807, 2.05) is 26.0 Å². The summed E-state index contributed by atoms with van der Waals surface area (Å²) in [6, 6.07) is 11.8. The van der Waals surface area contributed by atoms with Gasteiger partial charge >= 0.3 is 0 Å². The number of rotatable bonds is 9. The van der Waals surface area contributed by atoms with E-state index in [4.69, 9.17) is 14.2 Å². The zero-order valence-electron chi connectivity index (χ0n) is 18.9. The Balaban J connectivity index is 2.16. The van der Waals surface area contributed by atoms with Crippen molar-refractivity contribution in [2.24, 2.45) is 0 Å². The van der Waals surface area contributed by atoms with Gasteiger partial charge < -0.3 is 24.2 Å². The van der Waals surface area contributed by atoms with Crippen LogP contribution in [0.4, 0.5) is 0 Å². The number of aliphatic hydroxyl groups is 1. The van der Waals surface area contributed by atoms with Crippen molar-refractivity contribution in [3.63, 3.8) is 0 Å². The van der Waals surface area contributed by atoms with E-state index in [1.54, 1.807) is 37.4 Å². The van der Waals surface area contributed by atoms with Crippen LogP contribution in [0.25, 0.3) is 5.76 Å². The van der Waals surface area contributed by atoms with Crippen LogP contribution in [0.1, 0.15) is 36.6 Å². The number of hydrogen-bond donors (Lipinski definition) is 1. The van der Waals surface area contributed by atoms with Gasteiger partial charge in [0.25, 0.3) is 11.7 Å². The van der Waals surface area contributed by atoms with Gasteiger partial charge in [0.15, 0.2) is 11.5 Å². The highest BCUT2D eigenvalue weighted by Crippen LogP contribution is 2.41. The maximum Gasteiger partial charge on any atom is 0.295 e. The van der Waals surface area contributed by atoms with Crippen LogP contribution < -0.4 is 9.47 Å². The average Bonchev–Trinajstić information content (AvgIpc) is 3.07. The highest BCUT2D eigenvalue weighted by molar-refractivity contribution is 6.46. The standard InChI is InChI=1S/C25H29NO6/c1-5-16-7-9-17(10-8-16)23(27)21-22(26(13-14-30-3)25(29)24(21)28)18-11-12-19(31-4)20(15-18)32-6-2/h7-12,15,22,27H,5-6,13-14H2,1-4H3/b23-21-. The molecule has 1 amide bonds. The first-order valence-corrected chi connectivity index (χ1v) is 10.6. The van der Waals surface area contributed by atoms with Crippen LogP contribution in [-0.2, 0) is 20.7 Å². The summed E-state index contributed by atoms with van der Waals surface area (Å²) >= 11 is 0. The van der Waals surface area contributed by atoms with Crippen molar-refractivity contribution < 1.29 is 28.9 Å². The summed E-state index contributed by atoms with van der Waals surface area (Å²) in [7, 11) is 3.07. The number of methoxy groups -OCH3 is 2. The number of hydrogen-bond acceptors (Lipinski definition) is 6. The third-order valence-corrected chi connectivity index (χ3v) is 5.52. The second-order valence-electron chi connectivity index (χ2n) is 7.38. The number of likely N-dealkylation sites (tertiary alicyclic amines) is 1. The van der Waals surface area contributed by atoms with E-state index < -0.39 is 17.7 Å². The molecule has 1 fully saturated rings. The van der Waals surface area contributed by atoms with Crippen molar-refractivity contribution in [3.8, 4) is 11.5 Å². The molecule has 0 spiro atoms. The first-order valence-electron chi connectivity index (χ1n) is 10.6. The van der Waals surface area contributed by atoms with Crippen molar-refractivity contribution in [1.29, 1.82) is 0 Å². The number of aliphatic hydroxyl groups excluding tert-OH is 1. The fourth-order valence-electron chi connectivity index (χ4n) is 3.83. The molecule has 3 rings (SSSR count). The van der Waals surface area contributed by atoms with E-state index in [9.17, 15) is 14.7 Å². The minimum atomic E-state index is -0.777. The van der Waals surface area contributed by atoms with E-state index in [0.717, 1.165) is 12.0 Å². The van der Waals surface area contributed by atoms with Gasteiger partial charge in [0, 0.05) is 19.2 Å². The number of carbonyl (C=O) groups is 2. The van der Waals surface area contributed by atoms with Gasteiger partial charge in [0.1, 0.15) is 5.76 Å². The number of benzene rings is 2. The molecular formula is C25H29NO6. The van der Waals surface area contributed by atoms with E-state index in [1.165, 1.54) is 12.0 Å². The Kier molecular flexibility index (Phi) is 7.53. The summed E-state index contributed by atoms with van der Waals surface area (Å²) in [4.78, 5) is 27.3. The minimum Gasteiger partial charge on any atom is -0.507 e. The van der Waals surface area contributed by atoms with Crippen LogP contribution in [0.2, 0.25) is 0 Å². The lowest BCUT2D eigenvalue weighted by Crippen LogP contribution is -2.32. The fourth-order valence-corrected chi connectivity index (χ4v) is 3.83. The molecule has 1 N–H and O–H groups in total. The van der Waals surface area contributed by atoms with Crippen molar-refractivity contribution in [2.45, 2.75) is 26.3 Å². The maximum atomic E-state index is 13.0. The molecule has 2 aromatic rings. The van der Waals surface area contributed by atoms with Crippen molar-refractivity contribution >= 4 is 17.4 Å². The average molecular weight is 440 g/mol. The highest BCUT2D eigenvalue weighted by atomic mass is 16.5. The van der Waals surface area contributed by atoms with Gasteiger partial charge in [-0.3, -0.25) is 9.59 Å². The van der Waals surface area contributed by atoms with Gasteiger partial charge in [-0.15, -0.1) is 0 Å². The Labute approximate surface area is 188 Å². The second kappa shape index (κ2) is 10.3.